The number of anilines is 1. The number of aromatic nitrogens is 2. The Morgan fingerprint density at radius 3 is 2.15 bits per heavy atom. The maximum atomic E-state index is 13.4. The Bertz CT molecular complexity index is 1520. The number of alkyl halides is 3. The number of hydrogen-bond donors (Lipinski definition) is 4. The molecule has 2 aromatic carbocycles. The molecule has 11 nitrogen and oxygen atoms in total. The Hall–Kier alpha value is -4.88. The lowest BCUT2D eigenvalue weighted by Crippen LogP contribution is -2.58. The quantitative estimate of drug-likeness (QED) is 0.208. The highest BCUT2D eigenvalue weighted by Gasteiger charge is 2.35. The van der Waals surface area contributed by atoms with Gasteiger partial charge in [-0.05, 0) is 77.1 Å². The zero-order chi connectivity index (χ0) is 34.3. The summed E-state index contributed by atoms with van der Waals surface area (Å²) in [5.74, 6) is -2.71. The number of imidazole rings is 1. The van der Waals surface area contributed by atoms with Crippen LogP contribution in [0.25, 0.3) is 0 Å². The highest BCUT2D eigenvalue weighted by atomic mass is 19.4. The van der Waals surface area contributed by atoms with Crippen LogP contribution in [0, 0.1) is 0 Å². The fourth-order valence-electron chi connectivity index (χ4n) is 4.43. The third-order valence-corrected chi connectivity index (χ3v) is 6.74. The summed E-state index contributed by atoms with van der Waals surface area (Å²) in [6.45, 7) is 7.95. The first-order chi connectivity index (χ1) is 21.4. The van der Waals surface area contributed by atoms with Crippen molar-refractivity contribution in [1.29, 1.82) is 0 Å². The molecular weight excluding hydrogens is 607 g/mol. The minimum absolute atomic E-state index is 0.0448. The van der Waals surface area contributed by atoms with Crippen LogP contribution in [0.3, 0.4) is 0 Å². The van der Waals surface area contributed by atoms with Crippen molar-refractivity contribution in [2.75, 3.05) is 5.32 Å². The van der Waals surface area contributed by atoms with Gasteiger partial charge in [-0.25, -0.2) is 14.6 Å². The second-order valence-corrected chi connectivity index (χ2v) is 12.2. The van der Waals surface area contributed by atoms with Crippen molar-refractivity contribution in [3.8, 4) is 0 Å². The highest BCUT2D eigenvalue weighted by molar-refractivity contribution is 5.98. The molecule has 0 aliphatic heterocycles. The van der Waals surface area contributed by atoms with Crippen molar-refractivity contribution in [1.82, 2.24) is 20.2 Å². The summed E-state index contributed by atoms with van der Waals surface area (Å²) in [7, 11) is 0. The van der Waals surface area contributed by atoms with Gasteiger partial charge in [0.1, 0.15) is 17.2 Å². The van der Waals surface area contributed by atoms with Crippen molar-refractivity contribution in [3.05, 3.63) is 83.8 Å². The smallest absolute Gasteiger partial charge is 0.416 e. The molecule has 0 bridgehead atoms. The molecule has 248 valence electrons. The van der Waals surface area contributed by atoms with E-state index in [9.17, 15) is 37.5 Å². The van der Waals surface area contributed by atoms with E-state index < -0.39 is 58.8 Å². The van der Waals surface area contributed by atoms with Gasteiger partial charge < -0.3 is 30.4 Å². The number of carbonyl (C=O) groups excluding carboxylic acids is 3. The van der Waals surface area contributed by atoms with Crippen molar-refractivity contribution >= 4 is 29.7 Å². The van der Waals surface area contributed by atoms with E-state index in [0.29, 0.717) is 12.8 Å². The molecule has 1 heterocycles. The lowest BCUT2D eigenvalue weighted by Gasteiger charge is -2.29. The van der Waals surface area contributed by atoms with Crippen molar-refractivity contribution in [2.45, 2.75) is 83.3 Å². The molecule has 2 unspecified atom stereocenters. The maximum Gasteiger partial charge on any atom is 0.416 e. The number of carboxylic acids is 1. The molecule has 1 aromatic heterocycles. The lowest BCUT2D eigenvalue weighted by molar-refractivity contribution is -0.139. The van der Waals surface area contributed by atoms with Crippen LogP contribution in [0.2, 0.25) is 0 Å². The van der Waals surface area contributed by atoms with Gasteiger partial charge in [-0.15, -0.1) is 0 Å². The molecule has 0 aliphatic rings. The van der Waals surface area contributed by atoms with Crippen LogP contribution in [-0.2, 0) is 31.7 Å². The van der Waals surface area contributed by atoms with E-state index >= 15 is 0 Å². The number of alkyl carbamates (subject to hydrolysis) is 1. The second kappa shape index (κ2) is 14.5. The minimum Gasteiger partial charge on any atom is -0.479 e. The summed E-state index contributed by atoms with van der Waals surface area (Å²) in [5.41, 5.74) is -2.10. The molecule has 3 rings (SSSR count). The first-order valence-electron chi connectivity index (χ1n) is 14.5. The molecule has 0 aliphatic carbocycles. The molecule has 3 aromatic rings. The largest absolute Gasteiger partial charge is 0.479 e. The number of ether oxygens (including phenoxy) is 1. The Morgan fingerprint density at radius 2 is 1.59 bits per heavy atom. The highest BCUT2D eigenvalue weighted by Crippen LogP contribution is 2.31. The topological polar surface area (TPSA) is 152 Å². The fraction of sp³-hybridized carbons (Fsp3) is 0.406. The molecule has 0 spiro atoms. The summed E-state index contributed by atoms with van der Waals surface area (Å²) < 4.78 is 45.4. The lowest BCUT2D eigenvalue weighted by atomic mass is 10.0. The Kier molecular flexibility index (Phi) is 11.2. The molecular formula is C32H38F3N5O6. The Balaban J connectivity index is 1.77. The summed E-state index contributed by atoms with van der Waals surface area (Å²) in [5, 5.41) is 17.6. The summed E-state index contributed by atoms with van der Waals surface area (Å²) >= 11 is 0. The number of rotatable bonds is 12. The van der Waals surface area contributed by atoms with Crippen LogP contribution in [0.1, 0.15) is 70.2 Å². The number of benzene rings is 2. The van der Waals surface area contributed by atoms with Crippen LogP contribution in [0.4, 0.5) is 23.8 Å². The van der Waals surface area contributed by atoms with Gasteiger partial charge in [-0.1, -0.05) is 42.5 Å². The summed E-state index contributed by atoms with van der Waals surface area (Å²) in [6, 6.07) is 10.7. The van der Waals surface area contributed by atoms with E-state index in [1.807, 2.05) is 30.3 Å². The second-order valence-electron chi connectivity index (χ2n) is 12.2. The number of halogens is 3. The van der Waals surface area contributed by atoms with Crippen LogP contribution in [0.5, 0.6) is 0 Å². The average molecular weight is 646 g/mol. The van der Waals surface area contributed by atoms with E-state index in [1.165, 1.54) is 20.0 Å². The van der Waals surface area contributed by atoms with Crippen LogP contribution in [-0.4, -0.2) is 55.7 Å². The van der Waals surface area contributed by atoms with Crippen LogP contribution < -0.4 is 16.0 Å². The zero-order valence-electron chi connectivity index (χ0n) is 26.1. The number of carboxylic acid groups (broad SMARTS) is 1. The number of hydrogen-bond acceptors (Lipinski definition) is 6. The van der Waals surface area contributed by atoms with E-state index in [1.54, 1.807) is 20.8 Å². The fourth-order valence-corrected chi connectivity index (χ4v) is 4.43. The van der Waals surface area contributed by atoms with Gasteiger partial charge >= 0.3 is 18.2 Å². The van der Waals surface area contributed by atoms with Gasteiger partial charge in [0.15, 0.2) is 11.9 Å². The predicted molar refractivity (Wildman–Crippen MR) is 163 cm³/mol. The van der Waals surface area contributed by atoms with E-state index in [0.717, 1.165) is 40.7 Å². The third-order valence-electron chi connectivity index (χ3n) is 6.74. The van der Waals surface area contributed by atoms with Gasteiger partial charge in [-0.3, -0.25) is 9.59 Å². The minimum atomic E-state index is -4.59. The average Bonchev–Trinajstić information content (AvgIpc) is 3.38. The van der Waals surface area contributed by atoms with Crippen LogP contribution in [0.15, 0.2) is 67.1 Å². The Labute approximate surface area is 264 Å². The Morgan fingerprint density at radius 1 is 0.957 bits per heavy atom. The van der Waals surface area contributed by atoms with E-state index in [2.05, 4.69) is 20.9 Å². The molecule has 0 saturated heterocycles. The SMILES string of the molecule is CC(C)(C)OC(=O)NC(C)(C)C(=O)NC(CCCc1ccccc1)C(=O)Nc1cn(C(C(=O)O)c2ccc(C(F)(F)F)cc2)cn1. The van der Waals surface area contributed by atoms with Gasteiger partial charge in [0.25, 0.3) is 0 Å². The molecule has 46 heavy (non-hydrogen) atoms. The molecule has 0 radical (unpaired) electrons. The van der Waals surface area contributed by atoms with Crippen molar-refractivity contribution < 1.29 is 42.2 Å². The van der Waals surface area contributed by atoms with E-state index in [-0.39, 0.29) is 17.8 Å². The summed E-state index contributed by atoms with van der Waals surface area (Å²) in [4.78, 5) is 55.2. The maximum absolute atomic E-state index is 13.4. The van der Waals surface area contributed by atoms with Crippen LogP contribution >= 0.6 is 0 Å². The number of amides is 3. The number of aryl methyl sites for hydroxylation is 1. The first-order valence-corrected chi connectivity index (χ1v) is 14.5. The third kappa shape index (κ3) is 10.3. The summed E-state index contributed by atoms with van der Waals surface area (Å²) in [6.07, 6.45) is -1.72. The molecule has 3 amide bonds. The van der Waals surface area contributed by atoms with Gasteiger partial charge in [0, 0.05) is 6.20 Å². The number of carbonyl (C=O) groups is 4. The standard InChI is InChI=1S/C32H38F3N5O6/c1-30(2,3)46-29(45)39-31(4,5)28(44)37-23(13-9-12-20-10-7-6-8-11-20)26(41)38-24-18-40(19-36-24)25(27(42)43)21-14-16-22(17-15-21)32(33,34)35/h6-8,10-11,14-19,23,25H,9,12-13H2,1-5H3,(H,37,44)(H,38,41)(H,39,45)(H,42,43). The first kappa shape index (κ1) is 35.6. The zero-order valence-corrected chi connectivity index (χ0v) is 26.1. The molecule has 0 fully saturated rings. The van der Waals surface area contributed by atoms with Gasteiger partial charge in [-0.2, -0.15) is 13.2 Å². The van der Waals surface area contributed by atoms with Crippen molar-refractivity contribution in [3.63, 3.8) is 0 Å². The predicted octanol–water partition coefficient (Wildman–Crippen LogP) is 5.33. The number of nitrogens with one attached hydrogen (secondary N) is 3. The molecule has 0 saturated carbocycles. The van der Waals surface area contributed by atoms with Gasteiger partial charge in [0.2, 0.25) is 11.8 Å². The molecule has 14 heteroatoms. The van der Waals surface area contributed by atoms with E-state index in [4.69, 9.17) is 4.74 Å². The van der Waals surface area contributed by atoms with Crippen molar-refractivity contribution in [2.24, 2.45) is 0 Å². The number of aliphatic carboxylic acids is 1. The molecule has 2 atom stereocenters. The normalized spacial score (nSPS) is 13.3. The number of nitrogens with zero attached hydrogens (tertiary/aromatic N) is 2. The molecule has 4 N–H and O–H groups in total. The monoisotopic (exact) mass is 645 g/mol. The van der Waals surface area contributed by atoms with Gasteiger partial charge in [0.05, 0.1) is 11.9 Å².